The average molecular weight is 478 g/mol. The average Bonchev–Trinajstić information content (AvgIpc) is 3.20. The standard InChI is InChI=1S/C11H16N8O8.C4H10O2/c20-1-10(4(22)14-8(26)18-10)16-6(24)12-3-13-7(25)17-11(2-21)5(23)15-9(27)19-11;5-3-1-2-4-6/h20-21H,1-3H2,(H2,12,16,24)(H2,13,17,25)(H2,14,18,22,26)(H2,15,19,23,27);5-6H,1-4H2. The number of imide groups is 2. The van der Waals surface area contributed by atoms with Gasteiger partial charge < -0.3 is 52.3 Å². The smallest absolute Gasteiger partial charge is 0.323 e. The van der Waals surface area contributed by atoms with E-state index in [9.17, 15) is 39.0 Å². The first-order valence-corrected chi connectivity index (χ1v) is 9.40. The fraction of sp³-hybridized carbons (Fsp3) is 0.600. The van der Waals surface area contributed by atoms with Gasteiger partial charge in [0.25, 0.3) is 11.8 Å². The van der Waals surface area contributed by atoms with E-state index in [1.165, 1.54) is 0 Å². The second kappa shape index (κ2) is 12.3. The molecule has 0 saturated carbocycles. The highest BCUT2D eigenvalue weighted by atomic mass is 16.3. The van der Waals surface area contributed by atoms with Crippen LogP contribution in [0, 0.1) is 0 Å². The first-order valence-electron chi connectivity index (χ1n) is 9.40. The fourth-order valence-electron chi connectivity index (χ4n) is 2.37. The lowest BCUT2D eigenvalue weighted by atomic mass is 10.2. The predicted octanol–water partition coefficient (Wildman–Crippen LogP) is -5.65. The highest BCUT2D eigenvalue weighted by Gasteiger charge is 2.48. The topological polar surface area (TPSA) is 280 Å². The second-order valence-electron chi connectivity index (χ2n) is 6.54. The normalized spacial score (nSPS) is 23.3. The number of aliphatic hydroxyl groups is 4. The van der Waals surface area contributed by atoms with Crippen molar-refractivity contribution in [3.05, 3.63) is 0 Å². The number of carbonyl (C=O) groups excluding carboxylic acids is 6. The van der Waals surface area contributed by atoms with Crippen molar-refractivity contribution in [3.8, 4) is 0 Å². The highest BCUT2D eigenvalue weighted by molar-refractivity contribution is 6.09. The molecule has 0 aromatic rings. The van der Waals surface area contributed by atoms with Gasteiger partial charge in [-0.15, -0.1) is 0 Å². The zero-order chi connectivity index (χ0) is 25.1. The third-order valence-corrected chi connectivity index (χ3v) is 4.08. The first-order chi connectivity index (χ1) is 15.6. The van der Waals surface area contributed by atoms with E-state index in [0.717, 1.165) is 12.8 Å². The van der Waals surface area contributed by atoms with Crippen LogP contribution in [0.4, 0.5) is 19.2 Å². The monoisotopic (exact) mass is 478 g/mol. The SMILES string of the molecule is O=C(NCNC(=O)NC1(CO)NC(=O)NC1=O)NC1(CO)NC(=O)NC1=O.OCCCCO. The van der Waals surface area contributed by atoms with Gasteiger partial charge in [-0.2, -0.15) is 0 Å². The van der Waals surface area contributed by atoms with Crippen LogP contribution in [-0.2, 0) is 9.59 Å². The van der Waals surface area contributed by atoms with Gasteiger partial charge in [0.2, 0.25) is 11.3 Å². The number of unbranched alkanes of at least 4 members (excludes halogenated alkanes) is 1. The van der Waals surface area contributed by atoms with E-state index in [2.05, 4.69) is 10.6 Å². The number of nitrogens with one attached hydrogen (secondary N) is 8. The van der Waals surface area contributed by atoms with Crippen LogP contribution in [0.3, 0.4) is 0 Å². The van der Waals surface area contributed by atoms with Gasteiger partial charge in [-0.25, -0.2) is 19.2 Å². The van der Waals surface area contributed by atoms with Gasteiger partial charge in [0.1, 0.15) is 0 Å². The van der Waals surface area contributed by atoms with E-state index in [1.54, 1.807) is 0 Å². The van der Waals surface area contributed by atoms with Crippen molar-refractivity contribution in [1.29, 1.82) is 0 Å². The molecule has 12 N–H and O–H groups in total. The molecule has 0 aromatic carbocycles. The molecule has 18 heteroatoms. The number of urea groups is 4. The Balaban J connectivity index is 0.000000801. The third kappa shape index (κ3) is 7.42. The number of rotatable bonds is 9. The summed E-state index contributed by atoms with van der Waals surface area (Å²) < 4.78 is 0. The van der Waals surface area contributed by atoms with Gasteiger partial charge in [0.05, 0.1) is 19.9 Å². The van der Waals surface area contributed by atoms with Gasteiger partial charge in [0, 0.05) is 13.2 Å². The van der Waals surface area contributed by atoms with Crippen molar-refractivity contribution in [2.45, 2.75) is 24.2 Å². The molecule has 2 saturated heterocycles. The minimum absolute atomic E-state index is 0.195. The van der Waals surface area contributed by atoms with Crippen molar-refractivity contribution in [1.82, 2.24) is 42.5 Å². The zero-order valence-corrected chi connectivity index (χ0v) is 17.2. The molecule has 0 aliphatic carbocycles. The molecule has 0 aromatic heterocycles. The molecule has 2 atom stereocenters. The Labute approximate surface area is 185 Å². The number of amides is 10. The van der Waals surface area contributed by atoms with Crippen LogP contribution in [0.2, 0.25) is 0 Å². The highest BCUT2D eigenvalue weighted by Crippen LogP contribution is 2.06. The van der Waals surface area contributed by atoms with Crippen LogP contribution < -0.4 is 42.5 Å². The Kier molecular flexibility index (Phi) is 10.2. The summed E-state index contributed by atoms with van der Waals surface area (Å²) in [6.07, 6.45) is 1.44. The van der Waals surface area contributed by atoms with Gasteiger partial charge >= 0.3 is 24.1 Å². The van der Waals surface area contributed by atoms with Crippen LogP contribution in [0.25, 0.3) is 0 Å². The molecule has 2 rings (SSSR count). The lowest BCUT2D eigenvalue weighted by Gasteiger charge is -2.26. The molecular formula is C15H26N8O10. The van der Waals surface area contributed by atoms with Gasteiger partial charge in [-0.1, -0.05) is 0 Å². The summed E-state index contributed by atoms with van der Waals surface area (Å²) in [6.45, 7) is -1.99. The molecule has 2 heterocycles. The molecule has 10 amide bonds. The van der Waals surface area contributed by atoms with Crippen molar-refractivity contribution in [2.75, 3.05) is 33.1 Å². The van der Waals surface area contributed by atoms with Gasteiger partial charge in [0.15, 0.2) is 0 Å². The van der Waals surface area contributed by atoms with Crippen molar-refractivity contribution < 1.29 is 49.2 Å². The van der Waals surface area contributed by atoms with Crippen LogP contribution >= 0.6 is 0 Å². The second-order valence-corrected chi connectivity index (χ2v) is 6.54. The molecule has 2 unspecified atom stereocenters. The quantitative estimate of drug-likeness (QED) is 0.0847. The molecule has 2 fully saturated rings. The summed E-state index contributed by atoms with van der Waals surface area (Å²) in [5, 5.41) is 50.6. The van der Waals surface area contributed by atoms with Crippen LogP contribution in [-0.4, -0.2) is 101 Å². The lowest BCUT2D eigenvalue weighted by molar-refractivity contribution is -0.126. The van der Waals surface area contributed by atoms with Gasteiger partial charge in [-0.05, 0) is 12.8 Å². The summed E-state index contributed by atoms with van der Waals surface area (Å²) >= 11 is 0. The molecule has 2 aliphatic heterocycles. The first kappa shape index (κ1) is 27.3. The molecule has 33 heavy (non-hydrogen) atoms. The number of hydrogen-bond acceptors (Lipinski definition) is 10. The predicted molar refractivity (Wildman–Crippen MR) is 105 cm³/mol. The minimum atomic E-state index is -2.06. The molecule has 0 spiro atoms. The number of hydrogen-bond donors (Lipinski definition) is 12. The molecule has 186 valence electrons. The summed E-state index contributed by atoms with van der Waals surface area (Å²) in [5.41, 5.74) is -4.12. The van der Waals surface area contributed by atoms with Crippen molar-refractivity contribution in [2.24, 2.45) is 0 Å². The third-order valence-electron chi connectivity index (χ3n) is 4.08. The van der Waals surface area contributed by atoms with E-state index >= 15 is 0 Å². The van der Waals surface area contributed by atoms with E-state index in [1.807, 2.05) is 31.9 Å². The van der Waals surface area contributed by atoms with Crippen molar-refractivity contribution in [3.63, 3.8) is 0 Å². The van der Waals surface area contributed by atoms with E-state index in [4.69, 9.17) is 10.2 Å². The van der Waals surface area contributed by atoms with Crippen LogP contribution in [0.1, 0.15) is 12.8 Å². The molecule has 0 radical (unpaired) electrons. The Morgan fingerprint density at radius 2 is 1.06 bits per heavy atom. The minimum Gasteiger partial charge on any atom is -0.396 e. The van der Waals surface area contributed by atoms with Crippen LogP contribution in [0.15, 0.2) is 0 Å². The summed E-state index contributed by atoms with van der Waals surface area (Å²) in [4.78, 5) is 68.9. The Morgan fingerprint density at radius 3 is 1.30 bits per heavy atom. The summed E-state index contributed by atoms with van der Waals surface area (Å²) in [5.74, 6) is -1.97. The Morgan fingerprint density at radius 1 is 0.697 bits per heavy atom. The van der Waals surface area contributed by atoms with Crippen LogP contribution in [0.5, 0.6) is 0 Å². The molecule has 2 aliphatic rings. The van der Waals surface area contributed by atoms with E-state index in [-0.39, 0.29) is 13.2 Å². The lowest BCUT2D eigenvalue weighted by Crippen LogP contribution is -2.66. The molecule has 0 bridgehead atoms. The Bertz CT molecular complexity index is 718. The maximum absolute atomic E-state index is 11.8. The number of carbonyl (C=O) groups is 6. The fourth-order valence-corrected chi connectivity index (χ4v) is 2.37. The zero-order valence-electron chi connectivity index (χ0n) is 17.2. The maximum Gasteiger partial charge on any atom is 0.323 e. The largest absolute Gasteiger partial charge is 0.396 e. The summed E-state index contributed by atoms with van der Waals surface area (Å²) in [6, 6.07) is -3.91. The maximum atomic E-state index is 11.8. The van der Waals surface area contributed by atoms with E-state index in [0.29, 0.717) is 0 Å². The number of aliphatic hydroxyl groups excluding tert-OH is 4. The van der Waals surface area contributed by atoms with E-state index < -0.39 is 67.1 Å². The summed E-state index contributed by atoms with van der Waals surface area (Å²) in [7, 11) is 0. The Hall–Kier alpha value is -3.74. The van der Waals surface area contributed by atoms with Crippen molar-refractivity contribution >= 4 is 35.9 Å². The van der Waals surface area contributed by atoms with Gasteiger partial charge in [-0.3, -0.25) is 20.2 Å². The molecule has 18 nitrogen and oxygen atoms in total. The molecular weight excluding hydrogens is 452 g/mol.